The van der Waals surface area contributed by atoms with Crippen LogP contribution in [-0.4, -0.2) is 12.6 Å². The third-order valence-electron chi connectivity index (χ3n) is 2.01. The van der Waals surface area contributed by atoms with Crippen molar-refractivity contribution in [3.8, 4) is 0 Å². The molecule has 0 radical (unpaired) electrons. The fourth-order valence-corrected chi connectivity index (χ4v) is 1.14. The smallest absolute Gasteiger partial charge is 0.334 e. The van der Waals surface area contributed by atoms with E-state index in [4.69, 9.17) is 4.74 Å². The molecule has 0 amide bonds. The quantitative estimate of drug-likeness (QED) is 0.488. The first-order chi connectivity index (χ1) is 6.24. The van der Waals surface area contributed by atoms with Crippen molar-refractivity contribution in [3.05, 3.63) is 36.0 Å². The number of carbonyl (C=O) groups excluding carboxylic acids is 1. The first-order valence-electron chi connectivity index (χ1n) is 4.39. The minimum absolute atomic E-state index is 0.162. The Hall–Kier alpha value is -1.31. The van der Waals surface area contributed by atoms with Gasteiger partial charge < -0.3 is 4.74 Å². The van der Waals surface area contributed by atoms with Crippen molar-refractivity contribution in [2.24, 2.45) is 0 Å². The Labute approximate surface area is 78.6 Å². The molecule has 2 heteroatoms. The third kappa shape index (κ3) is 2.90. The molecule has 70 valence electrons. The number of ether oxygens (including phenoxy) is 1. The number of hydrogen-bond donors (Lipinski definition) is 0. The van der Waals surface area contributed by atoms with Gasteiger partial charge in [0.25, 0.3) is 0 Å². The summed E-state index contributed by atoms with van der Waals surface area (Å²) in [5, 5.41) is 0. The summed E-state index contributed by atoms with van der Waals surface area (Å²) in [6.45, 7) is 6.09. The Morgan fingerprint density at radius 1 is 1.77 bits per heavy atom. The van der Waals surface area contributed by atoms with E-state index in [-0.39, 0.29) is 5.97 Å². The van der Waals surface area contributed by atoms with Crippen LogP contribution in [0.3, 0.4) is 0 Å². The van der Waals surface area contributed by atoms with Crippen LogP contribution in [-0.2, 0) is 9.53 Å². The van der Waals surface area contributed by atoms with Crippen molar-refractivity contribution in [2.75, 3.05) is 6.61 Å². The van der Waals surface area contributed by atoms with Gasteiger partial charge in [-0.1, -0.05) is 24.3 Å². The van der Waals surface area contributed by atoms with Gasteiger partial charge in [-0.2, -0.15) is 0 Å². The predicted octanol–water partition coefficient (Wildman–Crippen LogP) is 2.38. The van der Waals surface area contributed by atoms with Crippen LogP contribution >= 0.6 is 0 Å². The first kappa shape index (κ1) is 9.78. The summed E-state index contributed by atoms with van der Waals surface area (Å²) in [6.07, 6.45) is 7.36. The molecule has 0 aliphatic carbocycles. The second-order valence-electron chi connectivity index (χ2n) is 3.02. The van der Waals surface area contributed by atoms with Crippen LogP contribution in [0.15, 0.2) is 36.0 Å². The molecule has 0 atom stereocenters. The number of cyclic esters (lactones) is 1. The van der Waals surface area contributed by atoms with Gasteiger partial charge in [-0.05, 0) is 25.8 Å². The molecule has 0 spiro atoms. The van der Waals surface area contributed by atoms with Crippen LogP contribution in [0, 0.1) is 0 Å². The van der Waals surface area contributed by atoms with E-state index in [0.717, 1.165) is 24.0 Å². The highest BCUT2D eigenvalue weighted by Gasteiger charge is 2.14. The Morgan fingerprint density at radius 2 is 2.54 bits per heavy atom. The Balaban J connectivity index is 2.35. The summed E-state index contributed by atoms with van der Waals surface area (Å²) < 4.78 is 4.78. The maximum atomic E-state index is 11.0. The fraction of sp³-hybridized carbons (Fsp3) is 0.364. The lowest BCUT2D eigenvalue weighted by Gasteiger charge is -1.96. The topological polar surface area (TPSA) is 26.3 Å². The average molecular weight is 178 g/mol. The van der Waals surface area contributed by atoms with Crippen molar-refractivity contribution < 1.29 is 9.53 Å². The standard InChI is InChI=1S/C11H14O2/c1-3-9(2)5-4-6-10-7-8-13-11(10)12/h3,5,7H,1,4,6,8H2,2H3/b9-5+. The minimum Gasteiger partial charge on any atom is -0.458 e. The molecule has 13 heavy (non-hydrogen) atoms. The fourth-order valence-electron chi connectivity index (χ4n) is 1.14. The maximum Gasteiger partial charge on any atom is 0.334 e. The van der Waals surface area contributed by atoms with Crippen molar-refractivity contribution in [2.45, 2.75) is 19.8 Å². The highest BCUT2D eigenvalue weighted by molar-refractivity contribution is 5.90. The van der Waals surface area contributed by atoms with Crippen LogP contribution in [0.4, 0.5) is 0 Å². The van der Waals surface area contributed by atoms with Crippen LogP contribution in [0.1, 0.15) is 19.8 Å². The van der Waals surface area contributed by atoms with Crippen LogP contribution in [0.2, 0.25) is 0 Å². The summed E-state index contributed by atoms with van der Waals surface area (Å²) in [6, 6.07) is 0. The SMILES string of the molecule is C=C/C(C)=C/CCC1=CCOC1=O. The van der Waals surface area contributed by atoms with E-state index >= 15 is 0 Å². The van der Waals surface area contributed by atoms with E-state index in [1.807, 2.05) is 13.0 Å². The van der Waals surface area contributed by atoms with Gasteiger partial charge in [0.15, 0.2) is 0 Å². The summed E-state index contributed by atoms with van der Waals surface area (Å²) in [5.41, 5.74) is 1.94. The van der Waals surface area contributed by atoms with E-state index in [2.05, 4.69) is 12.7 Å². The van der Waals surface area contributed by atoms with Crippen LogP contribution < -0.4 is 0 Å². The zero-order valence-corrected chi connectivity index (χ0v) is 7.88. The molecule has 1 rings (SSSR count). The number of hydrogen-bond acceptors (Lipinski definition) is 2. The molecule has 0 saturated heterocycles. The van der Waals surface area contributed by atoms with Gasteiger partial charge in [-0.15, -0.1) is 0 Å². The number of rotatable bonds is 4. The second-order valence-corrected chi connectivity index (χ2v) is 3.02. The molecule has 0 unspecified atom stereocenters. The summed E-state index contributed by atoms with van der Waals surface area (Å²) in [5.74, 6) is -0.162. The number of allylic oxidation sites excluding steroid dienone is 3. The van der Waals surface area contributed by atoms with Crippen molar-refractivity contribution in [1.29, 1.82) is 0 Å². The molecule has 0 bridgehead atoms. The van der Waals surface area contributed by atoms with Gasteiger partial charge in [0.1, 0.15) is 6.61 Å². The third-order valence-corrected chi connectivity index (χ3v) is 2.01. The lowest BCUT2D eigenvalue weighted by Crippen LogP contribution is -1.98. The van der Waals surface area contributed by atoms with Crippen molar-refractivity contribution in [3.63, 3.8) is 0 Å². The van der Waals surface area contributed by atoms with Gasteiger partial charge in [0, 0.05) is 5.57 Å². The zero-order valence-electron chi connectivity index (χ0n) is 7.88. The maximum absolute atomic E-state index is 11.0. The summed E-state index contributed by atoms with van der Waals surface area (Å²) in [4.78, 5) is 11.0. The van der Waals surface area contributed by atoms with E-state index < -0.39 is 0 Å². The molecule has 0 aromatic heterocycles. The van der Waals surface area contributed by atoms with Crippen molar-refractivity contribution >= 4 is 5.97 Å². The second kappa shape index (κ2) is 4.65. The molecule has 1 heterocycles. The largest absolute Gasteiger partial charge is 0.458 e. The average Bonchev–Trinajstić information content (AvgIpc) is 2.52. The van der Waals surface area contributed by atoms with Gasteiger partial charge in [0.05, 0.1) is 0 Å². The zero-order chi connectivity index (χ0) is 9.68. The highest BCUT2D eigenvalue weighted by Crippen LogP contribution is 2.14. The molecule has 0 aromatic carbocycles. The van der Waals surface area contributed by atoms with Crippen molar-refractivity contribution in [1.82, 2.24) is 0 Å². The van der Waals surface area contributed by atoms with E-state index in [0.29, 0.717) is 6.61 Å². The Bertz CT molecular complexity index is 272. The van der Waals surface area contributed by atoms with E-state index in [1.54, 1.807) is 6.08 Å². The summed E-state index contributed by atoms with van der Waals surface area (Å²) in [7, 11) is 0. The van der Waals surface area contributed by atoms with E-state index in [9.17, 15) is 4.79 Å². The van der Waals surface area contributed by atoms with Gasteiger partial charge >= 0.3 is 5.97 Å². The van der Waals surface area contributed by atoms with Gasteiger partial charge in [-0.3, -0.25) is 0 Å². The monoisotopic (exact) mass is 178 g/mol. The number of carbonyl (C=O) groups is 1. The molecule has 0 aromatic rings. The molecular weight excluding hydrogens is 164 g/mol. The number of esters is 1. The van der Waals surface area contributed by atoms with Gasteiger partial charge in [0.2, 0.25) is 0 Å². The molecule has 0 fully saturated rings. The van der Waals surface area contributed by atoms with Crippen LogP contribution in [0.25, 0.3) is 0 Å². The predicted molar refractivity (Wildman–Crippen MR) is 52.2 cm³/mol. The molecule has 1 aliphatic heterocycles. The Morgan fingerprint density at radius 3 is 3.08 bits per heavy atom. The van der Waals surface area contributed by atoms with Gasteiger partial charge in [-0.25, -0.2) is 4.79 Å². The lowest BCUT2D eigenvalue weighted by molar-refractivity contribution is -0.136. The molecule has 1 aliphatic rings. The molecule has 2 nitrogen and oxygen atoms in total. The normalized spacial score (nSPS) is 16.8. The summed E-state index contributed by atoms with van der Waals surface area (Å²) >= 11 is 0. The first-order valence-corrected chi connectivity index (χ1v) is 4.39. The molecule has 0 saturated carbocycles. The highest BCUT2D eigenvalue weighted by atomic mass is 16.5. The Kier molecular flexibility index (Phi) is 3.50. The molecular formula is C11H14O2. The molecule has 0 N–H and O–H groups in total. The minimum atomic E-state index is -0.162. The van der Waals surface area contributed by atoms with Crippen LogP contribution in [0.5, 0.6) is 0 Å². The lowest BCUT2D eigenvalue weighted by atomic mass is 10.1. The van der Waals surface area contributed by atoms with E-state index in [1.165, 1.54) is 0 Å².